The van der Waals surface area contributed by atoms with Crippen LogP contribution in [0.1, 0.15) is 41.0 Å². The molecule has 0 saturated carbocycles. The fourth-order valence-electron chi connectivity index (χ4n) is 6.05. The number of nitrogens with zero attached hydrogens (tertiary/aromatic N) is 3. The Morgan fingerprint density at radius 2 is 1.79 bits per heavy atom. The predicted molar refractivity (Wildman–Crippen MR) is 161 cm³/mol. The summed E-state index contributed by atoms with van der Waals surface area (Å²) in [6, 6.07) is 20.8. The number of hydrogen-bond donors (Lipinski definition) is 1. The van der Waals surface area contributed by atoms with E-state index in [9.17, 15) is 23.1 Å². The number of aliphatic hydroxyl groups is 1. The molecule has 6 nitrogen and oxygen atoms in total. The second-order valence-corrected chi connectivity index (χ2v) is 11.7. The van der Waals surface area contributed by atoms with Gasteiger partial charge in [0.25, 0.3) is 5.91 Å². The van der Waals surface area contributed by atoms with Gasteiger partial charge in [-0.1, -0.05) is 67.6 Å². The molecule has 1 amide bonds. The monoisotopic (exact) mass is 593 g/mol. The van der Waals surface area contributed by atoms with Gasteiger partial charge < -0.3 is 19.3 Å². The van der Waals surface area contributed by atoms with Crippen molar-refractivity contribution in [1.29, 1.82) is 0 Å². The lowest BCUT2D eigenvalue weighted by atomic mass is 9.96. The normalized spacial score (nSPS) is 18.8. The van der Waals surface area contributed by atoms with Crippen molar-refractivity contribution in [2.24, 2.45) is 13.0 Å². The van der Waals surface area contributed by atoms with Crippen molar-refractivity contribution in [3.8, 4) is 11.1 Å². The molecule has 4 aromatic rings. The molecule has 5 rings (SSSR count). The smallest absolute Gasteiger partial charge is 0.394 e. The number of ether oxygens (including phenoxy) is 1. The number of carbonyl (C=O) groups is 1. The number of hydrogen-bond acceptors (Lipinski definition) is 4. The Morgan fingerprint density at radius 3 is 2.53 bits per heavy atom. The third-order valence-corrected chi connectivity index (χ3v) is 8.42. The summed E-state index contributed by atoms with van der Waals surface area (Å²) >= 11 is 0. The van der Waals surface area contributed by atoms with Crippen LogP contribution >= 0.6 is 0 Å². The maximum absolute atomic E-state index is 14.4. The fraction of sp³-hybridized carbons (Fsp3) is 0.382. The number of aryl methyl sites for hydroxylation is 1. The van der Waals surface area contributed by atoms with Gasteiger partial charge in [-0.2, -0.15) is 13.2 Å². The number of aliphatic hydroxyl groups excluding tert-OH is 1. The summed E-state index contributed by atoms with van der Waals surface area (Å²) in [5.41, 5.74) is 4.06. The number of alkyl halides is 3. The summed E-state index contributed by atoms with van der Waals surface area (Å²) in [5.74, 6) is -0.319. The first-order valence-electron chi connectivity index (χ1n) is 14.5. The summed E-state index contributed by atoms with van der Waals surface area (Å²) in [7, 11) is 3.76. The highest BCUT2D eigenvalue weighted by molar-refractivity contribution is 6.10. The van der Waals surface area contributed by atoms with Gasteiger partial charge in [-0.15, -0.1) is 0 Å². The van der Waals surface area contributed by atoms with E-state index in [2.05, 4.69) is 0 Å². The van der Waals surface area contributed by atoms with Crippen molar-refractivity contribution < 1.29 is 27.8 Å². The van der Waals surface area contributed by atoms with Gasteiger partial charge in [0.15, 0.2) is 0 Å². The molecule has 3 aromatic carbocycles. The Kier molecular flexibility index (Phi) is 8.96. The number of fused-ring (bicyclic) bond motifs is 5. The molecule has 228 valence electrons. The van der Waals surface area contributed by atoms with E-state index < -0.39 is 17.8 Å². The molecule has 1 aliphatic rings. The zero-order valence-electron chi connectivity index (χ0n) is 24.9. The molecule has 1 N–H and O–H groups in total. The Bertz CT molecular complexity index is 1600. The van der Waals surface area contributed by atoms with Crippen molar-refractivity contribution in [2.75, 3.05) is 26.7 Å². The van der Waals surface area contributed by atoms with Gasteiger partial charge in [-0.05, 0) is 42.8 Å². The number of carbonyl (C=O) groups excluding carboxylic acids is 1. The average molecular weight is 594 g/mol. The molecule has 3 atom stereocenters. The van der Waals surface area contributed by atoms with Gasteiger partial charge in [0.05, 0.1) is 30.9 Å². The molecule has 0 fully saturated rings. The zero-order chi connectivity index (χ0) is 30.9. The summed E-state index contributed by atoms with van der Waals surface area (Å²) < 4.78 is 48.4. The summed E-state index contributed by atoms with van der Waals surface area (Å²) in [6.45, 7) is 5.02. The number of para-hydroxylation sites is 1. The van der Waals surface area contributed by atoms with E-state index >= 15 is 0 Å². The van der Waals surface area contributed by atoms with Gasteiger partial charge in [0.1, 0.15) is 5.69 Å². The van der Waals surface area contributed by atoms with E-state index in [1.165, 1.54) is 12.1 Å². The van der Waals surface area contributed by atoms with Crippen LogP contribution in [0.2, 0.25) is 0 Å². The number of halogens is 3. The number of rotatable bonds is 6. The molecule has 0 aliphatic carbocycles. The minimum absolute atomic E-state index is 0.148. The van der Waals surface area contributed by atoms with Crippen molar-refractivity contribution >= 4 is 16.8 Å². The quantitative estimate of drug-likeness (QED) is 0.283. The molecule has 1 aliphatic heterocycles. The topological polar surface area (TPSA) is 57.9 Å². The molecule has 0 bridgehead atoms. The summed E-state index contributed by atoms with van der Waals surface area (Å²) in [4.78, 5) is 18.1. The van der Waals surface area contributed by atoms with E-state index in [0.717, 1.165) is 33.7 Å². The highest BCUT2D eigenvalue weighted by Gasteiger charge is 2.34. The second-order valence-electron chi connectivity index (χ2n) is 11.7. The molecule has 2 heterocycles. The first-order valence-corrected chi connectivity index (χ1v) is 14.5. The van der Waals surface area contributed by atoms with Crippen molar-refractivity contribution in [1.82, 2.24) is 14.4 Å². The van der Waals surface area contributed by atoms with E-state index in [1.54, 1.807) is 11.0 Å². The van der Waals surface area contributed by atoms with Crippen LogP contribution in [0.5, 0.6) is 0 Å². The van der Waals surface area contributed by atoms with Crippen LogP contribution in [0.4, 0.5) is 13.2 Å². The number of benzene rings is 3. The Balaban J connectivity index is 1.53. The average Bonchev–Trinajstić information content (AvgIpc) is 3.28. The van der Waals surface area contributed by atoms with Crippen molar-refractivity contribution in [2.45, 2.75) is 45.3 Å². The SMILES string of the molecule is C[C@H](CO)N1C[C@H](C)[C@@H](CN(C)Cc2cccc(C(F)(F)F)c2)OCc2ccccc2-c2c(n(C)c3ccccc23)C1=O. The van der Waals surface area contributed by atoms with Crippen molar-refractivity contribution in [3.63, 3.8) is 0 Å². The van der Waals surface area contributed by atoms with Gasteiger partial charge in [-0.3, -0.25) is 9.69 Å². The van der Waals surface area contributed by atoms with E-state index in [-0.39, 0.29) is 24.5 Å². The molecule has 0 spiro atoms. The van der Waals surface area contributed by atoms with Crippen LogP contribution in [0.25, 0.3) is 22.0 Å². The van der Waals surface area contributed by atoms with Crippen LogP contribution < -0.4 is 0 Å². The van der Waals surface area contributed by atoms with Gasteiger partial charge >= 0.3 is 6.18 Å². The number of likely N-dealkylation sites (N-methyl/N-ethyl adjacent to an activating group) is 1. The Labute approximate surface area is 250 Å². The first-order chi connectivity index (χ1) is 20.5. The standard InChI is InChI=1S/C34H38F3N3O3/c1-22-17-40(23(2)20-41)33(42)32-31(28-14-7-8-15-29(28)39(32)4)27-13-6-5-11-25(27)21-43-30(22)19-38(3)18-24-10-9-12-26(16-24)34(35,36)37/h5-16,22-23,30,41H,17-21H2,1-4H3/t22-,23+,30+/m0/s1. The van der Waals surface area contributed by atoms with Crippen molar-refractivity contribution in [3.05, 3.63) is 95.2 Å². The fourth-order valence-corrected chi connectivity index (χ4v) is 6.05. The molecule has 0 radical (unpaired) electrons. The molecule has 1 aromatic heterocycles. The largest absolute Gasteiger partial charge is 0.416 e. The van der Waals surface area contributed by atoms with Crippen LogP contribution in [0, 0.1) is 5.92 Å². The molecular formula is C34H38F3N3O3. The molecule has 9 heteroatoms. The molecule has 43 heavy (non-hydrogen) atoms. The predicted octanol–water partition coefficient (Wildman–Crippen LogP) is 6.35. The maximum atomic E-state index is 14.4. The van der Waals surface area contributed by atoms with Crippen LogP contribution in [-0.2, 0) is 31.1 Å². The minimum Gasteiger partial charge on any atom is -0.394 e. The van der Waals surface area contributed by atoms with E-state index in [0.29, 0.717) is 37.5 Å². The highest BCUT2D eigenvalue weighted by atomic mass is 19.4. The van der Waals surface area contributed by atoms with Gasteiger partial charge in [0, 0.05) is 49.1 Å². The second kappa shape index (κ2) is 12.5. The Hall–Kier alpha value is -3.66. The summed E-state index contributed by atoms with van der Waals surface area (Å²) in [6.07, 6.45) is -4.75. The van der Waals surface area contributed by atoms with E-state index in [4.69, 9.17) is 4.74 Å². The lowest BCUT2D eigenvalue weighted by Gasteiger charge is -2.35. The van der Waals surface area contributed by atoms with E-state index in [1.807, 2.05) is 85.9 Å². The number of amides is 1. The lowest BCUT2D eigenvalue weighted by Crippen LogP contribution is -2.47. The third kappa shape index (κ3) is 6.34. The Morgan fingerprint density at radius 1 is 1.07 bits per heavy atom. The first kappa shape index (κ1) is 30.8. The summed E-state index contributed by atoms with van der Waals surface area (Å²) in [5, 5.41) is 11.1. The molecular weight excluding hydrogens is 555 g/mol. The van der Waals surface area contributed by atoms with Gasteiger partial charge in [-0.25, -0.2) is 0 Å². The van der Waals surface area contributed by atoms with Gasteiger partial charge in [0.2, 0.25) is 0 Å². The minimum atomic E-state index is -4.41. The molecule has 0 unspecified atom stereocenters. The maximum Gasteiger partial charge on any atom is 0.416 e. The molecule has 0 saturated heterocycles. The lowest BCUT2D eigenvalue weighted by molar-refractivity contribution is -0.137. The highest BCUT2D eigenvalue weighted by Crippen LogP contribution is 2.38. The van der Waals surface area contributed by atoms with Crippen LogP contribution in [0.3, 0.4) is 0 Å². The van der Waals surface area contributed by atoms with Crippen LogP contribution in [-0.4, -0.2) is 64.3 Å². The third-order valence-electron chi connectivity index (χ3n) is 8.42. The van der Waals surface area contributed by atoms with Crippen LogP contribution in [0.15, 0.2) is 72.8 Å². The number of aromatic nitrogens is 1. The zero-order valence-corrected chi connectivity index (χ0v) is 24.9.